The minimum absolute atomic E-state index is 0.00429. The number of rotatable bonds is 8. The molecule has 172 valence electrons. The fourth-order valence-electron chi connectivity index (χ4n) is 2.67. The molecule has 0 atom stereocenters. The van der Waals surface area contributed by atoms with Gasteiger partial charge in [-0.3, -0.25) is 14.3 Å². The molecule has 0 unspecified atom stereocenters. The summed E-state index contributed by atoms with van der Waals surface area (Å²) >= 11 is 11.8. The first kappa shape index (κ1) is 24.4. The van der Waals surface area contributed by atoms with Crippen LogP contribution in [0.1, 0.15) is 6.92 Å². The number of nitrogens with one attached hydrogen (secondary N) is 3. The largest absolute Gasteiger partial charge is 0.484 e. The average Bonchev–Trinajstić information content (AvgIpc) is 2.76. The standard InChI is InChI=1S/C22H19Cl2N3O5S/c1-14(28)25-15-2-4-16(5-3-15)26-22(29)13-32-18-7-9-19(10-8-18)33(30,31)27-17-6-11-20(23)21(24)12-17/h2-12,27H,13H2,1H3,(H,25,28)(H,26,29). The summed E-state index contributed by atoms with van der Waals surface area (Å²) in [7, 11) is -3.86. The summed E-state index contributed by atoms with van der Waals surface area (Å²) < 4.78 is 32.9. The Labute approximate surface area is 200 Å². The van der Waals surface area contributed by atoms with E-state index < -0.39 is 15.9 Å². The van der Waals surface area contributed by atoms with Gasteiger partial charge in [0.1, 0.15) is 5.75 Å². The molecule has 8 nitrogen and oxygen atoms in total. The number of ether oxygens (including phenoxy) is 1. The SMILES string of the molecule is CC(=O)Nc1ccc(NC(=O)COc2ccc(S(=O)(=O)Nc3ccc(Cl)c(Cl)c3)cc2)cc1. The van der Waals surface area contributed by atoms with Gasteiger partial charge >= 0.3 is 0 Å². The Hall–Kier alpha value is -3.27. The van der Waals surface area contributed by atoms with Crippen molar-refractivity contribution in [3.8, 4) is 5.75 Å². The van der Waals surface area contributed by atoms with Gasteiger partial charge in [0.05, 0.1) is 20.6 Å². The third-order valence-electron chi connectivity index (χ3n) is 4.16. The van der Waals surface area contributed by atoms with E-state index in [0.717, 1.165) is 0 Å². The van der Waals surface area contributed by atoms with Crippen molar-refractivity contribution in [3.63, 3.8) is 0 Å². The number of hydrogen-bond donors (Lipinski definition) is 3. The highest BCUT2D eigenvalue weighted by Gasteiger charge is 2.15. The zero-order chi connectivity index (χ0) is 24.0. The number of carbonyl (C=O) groups excluding carboxylic acids is 2. The molecule has 2 amide bonds. The van der Waals surface area contributed by atoms with Crippen molar-refractivity contribution in [3.05, 3.63) is 76.8 Å². The predicted molar refractivity (Wildman–Crippen MR) is 129 cm³/mol. The second-order valence-electron chi connectivity index (χ2n) is 6.80. The molecular formula is C22H19Cl2N3O5S. The lowest BCUT2D eigenvalue weighted by Crippen LogP contribution is -2.20. The molecule has 0 aliphatic heterocycles. The molecule has 3 rings (SSSR count). The molecule has 3 N–H and O–H groups in total. The molecule has 0 aromatic heterocycles. The zero-order valence-corrected chi connectivity index (χ0v) is 19.6. The van der Waals surface area contributed by atoms with Gasteiger partial charge in [-0.25, -0.2) is 8.42 Å². The van der Waals surface area contributed by atoms with Crippen LogP contribution in [-0.2, 0) is 19.6 Å². The summed E-state index contributed by atoms with van der Waals surface area (Å²) in [5.41, 5.74) is 1.42. The molecule has 0 heterocycles. The minimum Gasteiger partial charge on any atom is -0.484 e. The first-order chi connectivity index (χ1) is 15.6. The Morgan fingerprint density at radius 3 is 1.97 bits per heavy atom. The van der Waals surface area contributed by atoms with Crippen molar-refractivity contribution in [2.75, 3.05) is 22.0 Å². The molecule has 33 heavy (non-hydrogen) atoms. The van der Waals surface area contributed by atoms with Crippen molar-refractivity contribution in [1.82, 2.24) is 0 Å². The second-order valence-corrected chi connectivity index (χ2v) is 9.30. The molecule has 0 saturated heterocycles. The van der Waals surface area contributed by atoms with Gasteiger partial charge in [-0.15, -0.1) is 0 Å². The van der Waals surface area contributed by atoms with Crippen LogP contribution in [0.15, 0.2) is 71.6 Å². The number of halogens is 2. The highest BCUT2D eigenvalue weighted by atomic mass is 35.5. The third-order valence-corrected chi connectivity index (χ3v) is 6.30. The van der Waals surface area contributed by atoms with Crippen LogP contribution in [0.5, 0.6) is 5.75 Å². The fraction of sp³-hybridized carbons (Fsp3) is 0.0909. The molecule has 0 bridgehead atoms. The average molecular weight is 508 g/mol. The maximum absolute atomic E-state index is 12.5. The lowest BCUT2D eigenvalue weighted by molar-refractivity contribution is -0.118. The normalized spacial score (nSPS) is 10.9. The fourth-order valence-corrected chi connectivity index (χ4v) is 4.02. The third kappa shape index (κ3) is 7.11. The first-order valence-electron chi connectivity index (χ1n) is 9.50. The Bertz CT molecular complexity index is 1260. The highest BCUT2D eigenvalue weighted by Crippen LogP contribution is 2.27. The molecule has 0 aliphatic rings. The van der Waals surface area contributed by atoms with Crippen LogP contribution < -0.4 is 20.1 Å². The van der Waals surface area contributed by atoms with Crippen LogP contribution in [0.25, 0.3) is 0 Å². The van der Waals surface area contributed by atoms with Gasteiger partial charge < -0.3 is 15.4 Å². The number of hydrogen-bond acceptors (Lipinski definition) is 5. The number of benzene rings is 3. The van der Waals surface area contributed by atoms with Crippen molar-refractivity contribution >= 4 is 62.1 Å². The van der Waals surface area contributed by atoms with Crippen LogP contribution in [0, 0.1) is 0 Å². The quantitative estimate of drug-likeness (QED) is 0.406. The molecule has 0 saturated carbocycles. The van der Waals surface area contributed by atoms with E-state index in [2.05, 4.69) is 15.4 Å². The molecule has 3 aromatic rings. The van der Waals surface area contributed by atoms with Gasteiger partial charge in [0.2, 0.25) is 5.91 Å². The smallest absolute Gasteiger partial charge is 0.262 e. The lowest BCUT2D eigenvalue weighted by atomic mass is 10.2. The van der Waals surface area contributed by atoms with Gasteiger partial charge in [-0.1, -0.05) is 23.2 Å². The van der Waals surface area contributed by atoms with Gasteiger partial charge in [-0.05, 0) is 66.7 Å². The molecule has 0 radical (unpaired) electrons. The van der Waals surface area contributed by atoms with E-state index in [4.69, 9.17) is 27.9 Å². The van der Waals surface area contributed by atoms with Gasteiger partial charge in [-0.2, -0.15) is 0 Å². The van der Waals surface area contributed by atoms with Crippen LogP contribution in [0.2, 0.25) is 10.0 Å². The van der Waals surface area contributed by atoms with E-state index in [1.54, 1.807) is 24.3 Å². The maximum atomic E-state index is 12.5. The lowest BCUT2D eigenvalue weighted by Gasteiger charge is -2.11. The van der Waals surface area contributed by atoms with E-state index >= 15 is 0 Å². The number of amides is 2. The summed E-state index contributed by atoms with van der Waals surface area (Å²) in [6.45, 7) is 1.13. The van der Waals surface area contributed by atoms with Crippen molar-refractivity contribution in [2.45, 2.75) is 11.8 Å². The maximum Gasteiger partial charge on any atom is 0.262 e. The number of anilines is 3. The van der Waals surface area contributed by atoms with Crippen LogP contribution in [0.4, 0.5) is 17.1 Å². The Morgan fingerprint density at radius 1 is 0.818 bits per heavy atom. The molecule has 3 aromatic carbocycles. The molecule has 11 heteroatoms. The van der Waals surface area contributed by atoms with Gasteiger partial charge in [0.15, 0.2) is 6.61 Å². The van der Waals surface area contributed by atoms with Crippen LogP contribution in [-0.4, -0.2) is 26.8 Å². The summed E-state index contributed by atoms with van der Waals surface area (Å²) in [5, 5.41) is 5.83. The van der Waals surface area contributed by atoms with Gasteiger partial charge in [0, 0.05) is 18.3 Å². The summed E-state index contributed by atoms with van der Waals surface area (Å²) in [6, 6.07) is 16.6. The molecule has 0 fully saturated rings. The van der Waals surface area contributed by atoms with Crippen LogP contribution >= 0.6 is 23.2 Å². The zero-order valence-electron chi connectivity index (χ0n) is 17.3. The molecule has 0 spiro atoms. The first-order valence-corrected chi connectivity index (χ1v) is 11.7. The number of sulfonamides is 1. The van der Waals surface area contributed by atoms with Crippen molar-refractivity contribution in [2.24, 2.45) is 0 Å². The van der Waals surface area contributed by atoms with E-state index in [0.29, 0.717) is 22.1 Å². The van der Waals surface area contributed by atoms with Crippen molar-refractivity contribution < 1.29 is 22.7 Å². The topological polar surface area (TPSA) is 114 Å². The number of carbonyl (C=O) groups is 2. The van der Waals surface area contributed by atoms with Crippen LogP contribution in [0.3, 0.4) is 0 Å². The summed E-state index contributed by atoms with van der Waals surface area (Å²) in [5.74, 6) is -0.274. The van der Waals surface area contributed by atoms with E-state index in [-0.39, 0.29) is 28.1 Å². The Balaban J connectivity index is 1.54. The van der Waals surface area contributed by atoms with E-state index in [1.165, 1.54) is 49.4 Å². The van der Waals surface area contributed by atoms with E-state index in [1.807, 2.05) is 0 Å². The second kappa shape index (κ2) is 10.6. The summed E-state index contributed by atoms with van der Waals surface area (Å²) in [6.07, 6.45) is 0. The predicted octanol–water partition coefficient (Wildman–Crippen LogP) is 4.77. The van der Waals surface area contributed by atoms with E-state index in [9.17, 15) is 18.0 Å². The van der Waals surface area contributed by atoms with Crippen molar-refractivity contribution in [1.29, 1.82) is 0 Å². The minimum atomic E-state index is -3.86. The van der Waals surface area contributed by atoms with Gasteiger partial charge in [0.25, 0.3) is 15.9 Å². The Kier molecular flexibility index (Phi) is 7.80. The summed E-state index contributed by atoms with van der Waals surface area (Å²) in [4.78, 5) is 23.1. The highest BCUT2D eigenvalue weighted by molar-refractivity contribution is 7.92. The monoisotopic (exact) mass is 507 g/mol. The molecule has 0 aliphatic carbocycles. The Morgan fingerprint density at radius 2 is 1.39 bits per heavy atom. The molecular weight excluding hydrogens is 489 g/mol.